The van der Waals surface area contributed by atoms with Gasteiger partial charge in [0.15, 0.2) is 5.16 Å². The van der Waals surface area contributed by atoms with E-state index in [2.05, 4.69) is 20.8 Å². The highest BCUT2D eigenvalue weighted by Gasteiger charge is 2.20. The molecule has 182 valence electrons. The zero-order valence-corrected chi connectivity index (χ0v) is 20.6. The Morgan fingerprint density at radius 3 is 2.68 bits per heavy atom. The number of aryl methyl sites for hydroxylation is 1. The Hall–Kier alpha value is -2.88. The van der Waals surface area contributed by atoms with Crippen molar-refractivity contribution in [3.63, 3.8) is 0 Å². The van der Waals surface area contributed by atoms with Gasteiger partial charge in [-0.05, 0) is 38.3 Å². The van der Waals surface area contributed by atoms with Gasteiger partial charge in [0.2, 0.25) is 17.6 Å². The lowest BCUT2D eigenvalue weighted by Gasteiger charge is -2.22. The van der Waals surface area contributed by atoms with Crippen molar-refractivity contribution < 1.29 is 9.59 Å². The van der Waals surface area contributed by atoms with E-state index in [4.69, 9.17) is 0 Å². The Balaban J connectivity index is 1.58. The summed E-state index contributed by atoms with van der Waals surface area (Å²) in [5.74, 6) is 0.440. The highest BCUT2D eigenvalue weighted by Crippen LogP contribution is 2.22. The van der Waals surface area contributed by atoms with E-state index in [1.807, 2.05) is 32.0 Å². The largest absolute Gasteiger partial charge is 0.353 e. The van der Waals surface area contributed by atoms with Crippen molar-refractivity contribution in [2.24, 2.45) is 0 Å². The first-order valence-electron chi connectivity index (χ1n) is 12.1. The van der Waals surface area contributed by atoms with Crippen LogP contribution in [0.25, 0.3) is 16.7 Å². The van der Waals surface area contributed by atoms with Crippen molar-refractivity contribution in [2.45, 2.75) is 82.6 Å². The van der Waals surface area contributed by atoms with Crippen molar-refractivity contribution in [1.29, 1.82) is 0 Å². The molecule has 1 aromatic carbocycles. The number of carbonyl (C=O) groups excluding carboxylic acids is 2. The summed E-state index contributed by atoms with van der Waals surface area (Å²) in [5.41, 5.74) is 0.479. The van der Waals surface area contributed by atoms with Crippen molar-refractivity contribution in [3.05, 3.63) is 34.6 Å². The number of thioether (sulfide) groups is 1. The van der Waals surface area contributed by atoms with Gasteiger partial charge in [0.1, 0.15) is 0 Å². The minimum atomic E-state index is -0.202. The van der Waals surface area contributed by atoms with E-state index in [9.17, 15) is 14.4 Å². The van der Waals surface area contributed by atoms with Crippen LogP contribution >= 0.6 is 11.8 Å². The first-order valence-corrected chi connectivity index (χ1v) is 13.0. The van der Waals surface area contributed by atoms with Gasteiger partial charge in [-0.15, -0.1) is 10.2 Å². The Kier molecular flexibility index (Phi) is 7.87. The number of hydrogen-bond acceptors (Lipinski definition) is 6. The molecule has 4 rings (SSSR count). The number of carbonyl (C=O) groups is 2. The third-order valence-corrected chi connectivity index (χ3v) is 7.29. The maximum atomic E-state index is 13.3. The maximum absolute atomic E-state index is 13.3. The molecule has 10 heteroatoms. The van der Waals surface area contributed by atoms with E-state index in [1.165, 1.54) is 22.7 Å². The Morgan fingerprint density at radius 2 is 1.91 bits per heavy atom. The fourth-order valence-electron chi connectivity index (χ4n) is 4.34. The molecule has 34 heavy (non-hydrogen) atoms. The number of nitrogens with one attached hydrogen (secondary N) is 2. The number of fused-ring (bicyclic) bond motifs is 3. The fourth-order valence-corrected chi connectivity index (χ4v) is 5.09. The second-order valence-corrected chi connectivity index (χ2v) is 9.85. The van der Waals surface area contributed by atoms with Crippen LogP contribution in [0.1, 0.15) is 58.8 Å². The van der Waals surface area contributed by atoms with Crippen LogP contribution < -0.4 is 16.2 Å². The van der Waals surface area contributed by atoms with Crippen molar-refractivity contribution in [2.75, 3.05) is 5.75 Å². The zero-order chi connectivity index (χ0) is 24.1. The van der Waals surface area contributed by atoms with Crippen LogP contribution in [0.2, 0.25) is 0 Å². The molecule has 0 bridgehead atoms. The van der Waals surface area contributed by atoms with E-state index in [0.717, 1.165) is 32.1 Å². The second-order valence-electron chi connectivity index (χ2n) is 8.91. The van der Waals surface area contributed by atoms with E-state index < -0.39 is 0 Å². The molecule has 0 spiro atoms. The molecule has 2 amide bonds. The van der Waals surface area contributed by atoms with E-state index >= 15 is 0 Å². The quantitative estimate of drug-likeness (QED) is 0.452. The zero-order valence-electron chi connectivity index (χ0n) is 19.7. The summed E-state index contributed by atoms with van der Waals surface area (Å²) in [6.07, 6.45) is 6.59. The van der Waals surface area contributed by atoms with Gasteiger partial charge in [-0.2, -0.15) is 0 Å². The van der Waals surface area contributed by atoms with Gasteiger partial charge >= 0.3 is 0 Å². The number of para-hydroxylation sites is 1. The summed E-state index contributed by atoms with van der Waals surface area (Å²) in [7, 11) is 0. The van der Waals surface area contributed by atoms with Gasteiger partial charge in [0.05, 0.1) is 16.7 Å². The lowest BCUT2D eigenvalue weighted by atomic mass is 9.95. The molecule has 0 unspecified atom stereocenters. The molecular weight excluding hydrogens is 452 g/mol. The minimum absolute atomic E-state index is 0.0547. The van der Waals surface area contributed by atoms with Crippen LogP contribution in [0.3, 0.4) is 0 Å². The van der Waals surface area contributed by atoms with Gasteiger partial charge in [-0.1, -0.05) is 50.1 Å². The predicted octanol–water partition coefficient (Wildman–Crippen LogP) is 2.89. The van der Waals surface area contributed by atoms with Crippen LogP contribution in [-0.2, 0) is 16.1 Å². The number of hydrogen-bond donors (Lipinski definition) is 2. The van der Waals surface area contributed by atoms with Crippen LogP contribution in [0.5, 0.6) is 0 Å². The molecule has 1 aliphatic carbocycles. The van der Waals surface area contributed by atoms with Crippen LogP contribution in [0.4, 0.5) is 0 Å². The van der Waals surface area contributed by atoms with Crippen molar-refractivity contribution in [3.8, 4) is 0 Å². The van der Waals surface area contributed by atoms with E-state index in [-0.39, 0.29) is 48.2 Å². The highest BCUT2D eigenvalue weighted by molar-refractivity contribution is 7.99. The number of amides is 2. The molecule has 1 fully saturated rings. The Labute approximate surface area is 202 Å². The fraction of sp³-hybridized carbons (Fsp3) is 0.542. The minimum Gasteiger partial charge on any atom is -0.353 e. The van der Waals surface area contributed by atoms with E-state index in [1.54, 1.807) is 10.5 Å². The molecule has 1 saturated carbocycles. The molecule has 3 aromatic rings. The number of aromatic nitrogens is 4. The Bertz CT molecular complexity index is 1230. The van der Waals surface area contributed by atoms with Gasteiger partial charge < -0.3 is 10.6 Å². The standard InChI is InChI=1S/C24H32N6O3S/c1-3-16(2)25-21(32)15-34-24-28-27-23-29(14-13-20(31)26-17-9-5-4-6-10-17)22(33)18-11-7-8-12-19(18)30(23)24/h7-8,11-12,16-17H,3-6,9-10,13-15H2,1-2H3,(H,25,32)(H,26,31)/t16-/m0/s1. The first kappa shape index (κ1) is 24.3. The topological polar surface area (TPSA) is 110 Å². The maximum Gasteiger partial charge on any atom is 0.262 e. The van der Waals surface area contributed by atoms with Crippen LogP contribution in [-0.4, -0.2) is 48.8 Å². The molecular formula is C24H32N6O3S. The number of nitrogens with zero attached hydrogens (tertiary/aromatic N) is 4. The molecule has 1 aliphatic rings. The smallest absolute Gasteiger partial charge is 0.262 e. The Morgan fingerprint density at radius 1 is 1.15 bits per heavy atom. The molecule has 2 heterocycles. The summed E-state index contributed by atoms with van der Waals surface area (Å²) in [6, 6.07) is 7.61. The summed E-state index contributed by atoms with van der Waals surface area (Å²) in [4.78, 5) is 38.1. The van der Waals surface area contributed by atoms with Crippen molar-refractivity contribution >= 4 is 40.3 Å². The van der Waals surface area contributed by atoms with Crippen molar-refractivity contribution in [1.82, 2.24) is 29.8 Å². The molecule has 0 radical (unpaired) electrons. The number of benzene rings is 1. The second kappa shape index (κ2) is 11.0. The molecule has 2 N–H and O–H groups in total. The summed E-state index contributed by atoms with van der Waals surface area (Å²) in [5, 5.41) is 15.7. The summed E-state index contributed by atoms with van der Waals surface area (Å²) in [6.45, 7) is 4.19. The normalized spacial score (nSPS) is 15.5. The average Bonchev–Trinajstić information content (AvgIpc) is 3.27. The number of rotatable bonds is 9. The van der Waals surface area contributed by atoms with Gasteiger partial charge in [0, 0.05) is 25.0 Å². The molecule has 0 aliphatic heterocycles. The summed E-state index contributed by atoms with van der Waals surface area (Å²) < 4.78 is 3.32. The lowest BCUT2D eigenvalue weighted by Crippen LogP contribution is -2.37. The van der Waals surface area contributed by atoms with Crippen LogP contribution in [0.15, 0.2) is 34.2 Å². The molecule has 2 aromatic heterocycles. The predicted molar refractivity (Wildman–Crippen MR) is 133 cm³/mol. The van der Waals surface area contributed by atoms with Gasteiger partial charge in [0.25, 0.3) is 5.56 Å². The summed E-state index contributed by atoms with van der Waals surface area (Å²) >= 11 is 1.28. The van der Waals surface area contributed by atoms with Gasteiger partial charge in [-0.25, -0.2) is 0 Å². The monoisotopic (exact) mass is 484 g/mol. The molecule has 9 nitrogen and oxygen atoms in total. The lowest BCUT2D eigenvalue weighted by molar-refractivity contribution is -0.122. The SMILES string of the molecule is CC[C@H](C)NC(=O)CSc1nnc2n(CCC(=O)NC3CCCCC3)c(=O)c3ccccc3n12. The highest BCUT2D eigenvalue weighted by atomic mass is 32.2. The molecule has 0 saturated heterocycles. The average molecular weight is 485 g/mol. The first-order chi connectivity index (χ1) is 16.5. The van der Waals surface area contributed by atoms with E-state index in [0.29, 0.717) is 21.8 Å². The molecule has 1 atom stereocenters. The third-order valence-electron chi connectivity index (χ3n) is 6.36. The third kappa shape index (κ3) is 5.43. The van der Waals surface area contributed by atoms with Gasteiger partial charge in [-0.3, -0.25) is 23.4 Å². The van der Waals surface area contributed by atoms with Crippen LogP contribution in [0, 0.1) is 0 Å².